The molecule has 8 nitrogen and oxygen atoms in total. The van der Waals surface area contributed by atoms with Gasteiger partial charge in [0.05, 0.1) is 12.8 Å². The van der Waals surface area contributed by atoms with Crippen molar-refractivity contribution in [2.24, 2.45) is 0 Å². The number of ether oxygens (including phenoxy) is 4. The first-order valence-corrected chi connectivity index (χ1v) is 6.20. The van der Waals surface area contributed by atoms with Gasteiger partial charge in [-0.1, -0.05) is 13.2 Å². The zero-order valence-electron chi connectivity index (χ0n) is 12.5. The molecule has 0 aliphatic carbocycles. The van der Waals surface area contributed by atoms with E-state index in [1.807, 2.05) is 0 Å². The van der Waals surface area contributed by atoms with E-state index in [2.05, 4.69) is 32.1 Å². The molecule has 0 aromatic rings. The Morgan fingerprint density at radius 3 is 1.27 bits per heavy atom. The topological polar surface area (TPSA) is 105 Å². The summed E-state index contributed by atoms with van der Waals surface area (Å²) in [6.45, 7) is 8.46. The predicted octanol–water partition coefficient (Wildman–Crippen LogP) is 1.01. The van der Waals surface area contributed by atoms with Crippen molar-refractivity contribution in [1.29, 1.82) is 0 Å². The van der Waals surface area contributed by atoms with Gasteiger partial charge in [-0.2, -0.15) is 0 Å². The molecule has 0 N–H and O–H groups in total. The van der Waals surface area contributed by atoms with Crippen molar-refractivity contribution in [2.75, 3.05) is 13.6 Å². The predicted molar refractivity (Wildman–Crippen MR) is 73.0 cm³/mol. The first-order valence-electron chi connectivity index (χ1n) is 6.20. The summed E-state index contributed by atoms with van der Waals surface area (Å²) >= 11 is 0. The highest BCUT2D eigenvalue weighted by Crippen LogP contribution is 1.99. The smallest absolute Gasteiger partial charge is 0.335 e. The van der Waals surface area contributed by atoms with E-state index in [-0.39, 0.29) is 24.0 Å². The number of esters is 4. The van der Waals surface area contributed by atoms with Gasteiger partial charge >= 0.3 is 23.9 Å². The second-order valence-corrected chi connectivity index (χ2v) is 4.19. The van der Waals surface area contributed by atoms with Crippen molar-refractivity contribution in [2.45, 2.75) is 26.7 Å². The third-order valence-corrected chi connectivity index (χ3v) is 2.05. The summed E-state index contributed by atoms with van der Waals surface area (Å²) in [6, 6.07) is 0. The van der Waals surface area contributed by atoms with Crippen molar-refractivity contribution in [3.8, 4) is 0 Å². The Balaban J connectivity index is 3.75. The second kappa shape index (κ2) is 10.1. The van der Waals surface area contributed by atoms with Crippen LogP contribution in [0.25, 0.3) is 0 Å². The minimum atomic E-state index is -0.745. The number of rotatable bonds is 9. The van der Waals surface area contributed by atoms with Crippen LogP contribution in [0.2, 0.25) is 0 Å². The molecular formula is C14H18O8. The molecule has 0 atom stereocenters. The second-order valence-electron chi connectivity index (χ2n) is 4.19. The van der Waals surface area contributed by atoms with Gasteiger partial charge in [0, 0.05) is 11.1 Å². The van der Waals surface area contributed by atoms with Crippen LogP contribution >= 0.6 is 0 Å². The highest BCUT2D eigenvalue weighted by Gasteiger charge is 2.11. The van der Waals surface area contributed by atoms with Gasteiger partial charge in [0.2, 0.25) is 13.6 Å². The quantitative estimate of drug-likeness (QED) is 0.353. The summed E-state index contributed by atoms with van der Waals surface area (Å²) in [5, 5.41) is 0. The van der Waals surface area contributed by atoms with E-state index in [1.54, 1.807) is 0 Å². The molecule has 0 saturated carbocycles. The minimum Gasteiger partial charge on any atom is -0.428 e. The van der Waals surface area contributed by atoms with Crippen LogP contribution in [-0.2, 0) is 38.1 Å². The molecule has 0 amide bonds. The fraction of sp³-hybridized carbons (Fsp3) is 0.429. The summed E-state index contributed by atoms with van der Waals surface area (Å²) in [6.07, 6.45) is -0.532. The van der Waals surface area contributed by atoms with Crippen molar-refractivity contribution in [3.05, 3.63) is 24.3 Å². The SMILES string of the molecule is C=C(C)C(=O)OCOC(=O)CCC(=O)OCOC(=O)C(=C)C. The molecular weight excluding hydrogens is 296 g/mol. The maximum atomic E-state index is 11.2. The van der Waals surface area contributed by atoms with Crippen LogP contribution in [0.4, 0.5) is 0 Å². The molecule has 8 heteroatoms. The van der Waals surface area contributed by atoms with Gasteiger partial charge in [-0.05, 0) is 13.8 Å². The molecule has 0 heterocycles. The van der Waals surface area contributed by atoms with Crippen LogP contribution in [0.5, 0.6) is 0 Å². The molecule has 0 aliphatic rings. The monoisotopic (exact) mass is 314 g/mol. The van der Waals surface area contributed by atoms with E-state index in [0.29, 0.717) is 0 Å². The summed E-state index contributed by atoms with van der Waals surface area (Å²) in [7, 11) is 0. The molecule has 0 saturated heterocycles. The highest BCUT2D eigenvalue weighted by molar-refractivity contribution is 5.87. The third kappa shape index (κ3) is 9.29. The fourth-order valence-corrected chi connectivity index (χ4v) is 0.892. The molecule has 22 heavy (non-hydrogen) atoms. The molecule has 0 aromatic heterocycles. The van der Waals surface area contributed by atoms with Crippen LogP contribution < -0.4 is 0 Å². The Morgan fingerprint density at radius 1 is 0.682 bits per heavy atom. The van der Waals surface area contributed by atoms with Gasteiger partial charge in [0.25, 0.3) is 0 Å². The van der Waals surface area contributed by atoms with E-state index in [9.17, 15) is 19.2 Å². The molecule has 0 rings (SSSR count). The van der Waals surface area contributed by atoms with Crippen molar-refractivity contribution in [1.82, 2.24) is 0 Å². The molecule has 0 fully saturated rings. The number of carbonyl (C=O) groups is 4. The van der Waals surface area contributed by atoms with Crippen molar-refractivity contribution >= 4 is 23.9 Å². The van der Waals surface area contributed by atoms with Crippen molar-refractivity contribution in [3.63, 3.8) is 0 Å². The molecule has 0 unspecified atom stereocenters. The van der Waals surface area contributed by atoms with E-state index in [0.717, 1.165) is 0 Å². The van der Waals surface area contributed by atoms with Crippen LogP contribution in [-0.4, -0.2) is 37.5 Å². The highest BCUT2D eigenvalue weighted by atomic mass is 16.7. The van der Waals surface area contributed by atoms with Gasteiger partial charge < -0.3 is 18.9 Å². The zero-order chi connectivity index (χ0) is 17.1. The van der Waals surface area contributed by atoms with Gasteiger partial charge in [-0.25, -0.2) is 9.59 Å². The Kier molecular flexibility index (Phi) is 8.92. The Morgan fingerprint density at radius 2 is 1.00 bits per heavy atom. The lowest BCUT2D eigenvalue weighted by Gasteiger charge is -2.07. The van der Waals surface area contributed by atoms with E-state index in [1.165, 1.54) is 13.8 Å². The standard InChI is InChI=1S/C14H18O8/c1-9(2)13(17)21-7-19-11(15)5-6-12(16)20-8-22-14(18)10(3)4/h1,3,5-8H2,2,4H3. The Hall–Kier alpha value is -2.64. The summed E-state index contributed by atoms with van der Waals surface area (Å²) in [5.74, 6) is -2.87. The largest absolute Gasteiger partial charge is 0.428 e. The van der Waals surface area contributed by atoms with Crippen LogP contribution in [0.3, 0.4) is 0 Å². The van der Waals surface area contributed by atoms with Gasteiger partial charge in [-0.15, -0.1) is 0 Å². The van der Waals surface area contributed by atoms with Gasteiger partial charge in [0.1, 0.15) is 0 Å². The van der Waals surface area contributed by atoms with Crippen LogP contribution in [0.15, 0.2) is 24.3 Å². The molecule has 0 aliphatic heterocycles. The zero-order valence-corrected chi connectivity index (χ0v) is 12.5. The fourth-order valence-electron chi connectivity index (χ4n) is 0.892. The number of hydrogen-bond acceptors (Lipinski definition) is 8. The first kappa shape index (κ1) is 19.4. The molecule has 0 spiro atoms. The van der Waals surface area contributed by atoms with Gasteiger partial charge in [-0.3, -0.25) is 9.59 Å². The number of hydrogen-bond donors (Lipinski definition) is 0. The molecule has 0 aromatic carbocycles. The summed E-state index contributed by atoms with van der Waals surface area (Å²) in [5.41, 5.74) is 0.341. The maximum Gasteiger partial charge on any atom is 0.335 e. The Labute approximate surface area is 127 Å². The number of carbonyl (C=O) groups excluding carboxylic acids is 4. The average Bonchev–Trinajstić information content (AvgIpc) is 2.44. The lowest BCUT2D eigenvalue weighted by atomic mass is 10.3. The van der Waals surface area contributed by atoms with E-state index in [4.69, 9.17) is 0 Å². The van der Waals surface area contributed by atoms with Crippen LogP contribution in [0, 0.1) is 0 Å². The summed E-state index contributed by atoms with van der Waals surface area (Å²) in [4.78, 5) is 44.4. The minimum absolute atomic E-state index is 0.170. The molecule has 0 radical (unpaired) electrons. The molecule has 122 valence electrons. The average molecular weight is 314 g/mol. The lowest BCUT2D eigenvalue weighted by molar-refractivity contribution is -0.170. The first-order chi connectivity index (χ1) is 10.2. The van der Waals surface area contributed by atoms with Gasteiger partial charge in [0.15, 0.2) is 0 Å². The molecule has 0 bridgehead atoms. The Bertz CT molecular complexity index is 433. The van der Waals surface area contributed by atoms with Crippen LogP contribution in [0.1, 0.15) is 26.7 Å². The van der Waals surface area contributed by atoms with E-state index < -0.39 is 37.5 Å². The summed E-state index contributed by atoms with van der Waals surface area (Å²) < 4.78 is 18.2. The van der Waals surface area contributed by atoms with E-state index >= 15 is 0 Å². The maximum absolute atomic E-state index is 11.2. The normalized spacial score (nSPS) is 9.36. The lowest BCUT2D eigenvalue weighted by Crippen LogP contribution is -2.16. The van der Waals surface area contributed by atoms with Crippen molar-refractivity contribution < 1.29 is 38.1 Å². The third-order valence-electron chi connectivity index (χ3n) is 2.05.